The Bertz CT molecular complexity index is 7350. The van der Waals surface area contributed by atoms with Crippen molar-refractivity contribution in [3.05, 3.63) is 321 Å². The van der Waals surface area contributed by atoms with Crippen LogP contribution >= 0.6 is 0 Å². The number of rotatable bonds is 0. The van der Waals surface area contributed by atoms with Crippen molar-refractivity contribution in [2.24, 2.45) is 56.4 Å². The van der Waals surface area contributed by atoms with E-state index in [-0.39, 0.29) is 0 Å². The third-order valence-electron chi connectivity index (χ3n) is 26.4. The molecule has 17 heterocycles. The lowest BCUT2D eigenvalue weighted by Gasteiger charge is -2.01. The molecule has 17 aromatic heterocycles. The Labute approximate surface area is 699 Å². The first kappa shape index (κ1) is 78.8. The zero-order valence-corrected chi connectivity index (χ0v) is 74.0. The molecule has 0 spiro atoms. The maximum absolute atomic E-state index is 4.62. The highest BCUT2D eigenvalue weighted by Crippen LogP contribution is 2.33. The number of aromatic nitrogens is 18. The monoisotopic (exact) mass is 1590 g/mol. The molecule has 0 saturated carbocycles. The highest BCUT2D eigenvalue weighted by Gasteiger charge is 2.20. The molecule has 24 aromatic rings. The summed E-state index contributed by atoms with van der Waals surface area (Å²) in [6.45, 7) is 34.6. The van der Waals surface area contributed by atoms with Gasteiger partial charge in [-0.2, -0.15) is 0 Å². The van der Waals surface area contributed by atoms with Crippen molar-refractivity contribution in [2.45, 2.75) is 111 Å². The van der Waals surface area contributed by atoms with Gasteiger partial charge in [0.25, 0.3) is 0 Å². The Morgan fingerprint density at radius 1 is 0.225 bits per heavy atom. The maximum Gasteiger partial charge on any atom is 0.215 e. The molecule has 0 aliphatic rings. The van der Waals surface area contributed by atoms with Crippen LogP contribution in [0.25, 0.3) is 133 Å². The zero-order chi connectivity index (χ0) is 84.6. The quantitative estimate of drug-likeness (QED) is 0.151. The van der Waals surface area contributed by atoms with Gasteiger partial charge in [-0.05, 0) is 253 Å². The van der Waals surface area contributed by atoms with Crippen LogP contribution in [0.15, 0.2) is 231 Å². The fourth-order valence-electron chi connectivity index (χ4n) is 18.3. The van der Waals surface area contributed by atoms with Gasteiger partial charge in [-0.3, -0.25) is 17.6 Å². The van der Waals surface area contributed by atoms with Crippen molar-refractivity contribution in [1.82, 2.24) is 81.7 Å². The van der Waals surface area contributed by atoms with Crippen LogP contribution in [0.1, 0.15) is 90.2 Å². The summed E-state index contributed by atoms with van der Waals surface area (Å²) in [7, 11) is 16.9. The minimum Gasteiger partial charge on any atom is -0.334 e. The standard InChI is InChI=1S/6C13H14N2.2C12H13N3/c1-9-10(2)14(3)13-12(9)8-11-6-4-5-7-15(11)13;1-9-10(2)15-8-11-6-4-5-7-12(11)13(15)14(9)3;2*1-9-8-15-12-7-5-4-6-11(12)14(3)13(15)10(9)2;2*1-9-8-13-14(3)11-6-4-5-7-12(11)15(13)10(9)2;2*1-8-9(2)15-11-7-5-4-6-10(11)13-12(15)14(8)3/h6*4-8H,1-3H3;2*4-7H,1-3H3. The number of nitrogens with zero attached hydrogens (tertiary/aromatic N) is 18. The summed E-state index contributed by atoms with van der Waals surface area (Å²) in [4.78, 5) is 9.24. The van der Waals surface area contributed by atoms with Crippen molar-refractivity contribution in [2.75, 3.05) is 0 Å². The van der Waals surface area contributed by atoms with Crippen molar-refractivity contribution in [1.29, 1.82) is 0 Å². The van der Waals surface area contributed by atoms with Gasteiger partial charge in [0.1, 0.15) is 33.9 Å². The number of imidazole rings is 9. The summed E-state index contributed by atoms with van der Waals surface area (Å²) in [6.07, 6.45) is 8.77. The van der Waals surface area contributed by atoms with Gasteiger partial charge in [0, 0.05) is 154 Å². The van der Waals surface area contributed by atoms with E-state index in [0.29, 0.717) is 0 Å². The molecule has 0 bridgehead atoms. The molecule has 7 aromatic carbocycles. The number of hydrogen-bond donors (Lipinski definition) is 0. The molecule has 0 N–H and O–H groups in total. The second-order valence-electron chi connectivity index (χ2n) is 32.9. The van der Waals surface area contributed by atoms with E-state index in [9.17, 15) is 0 Å². The highest BCUT2D eigenvalue weighted by molar-refractivity contribution is 5.96. The second kappa shape index (κ2) is 30.3. The first-order valence-electron chi connectivity index (χ1n) is 41.5. The van der Waals surface area contributed by atoms with E-state index in [2.05, 4.69) is 468 Å². The molecule has 608 valence electrons. The molecule has 18 nitrogen and oxygen atoms in total. The molecule has 0 aliphatic heterocycles. The van der Waals surface area contributed by atoms with Crippen LogP contribution in [-0.4, -0.2) is 81.7 Å². The normalized spacial score (nSPS) is 11.7. The van der Waals surface area contributed by atoms with Crippen molar-refractivity contribution >= 4 is 133 Å². The van der Waals surface area contributed by atoms with E-state index < -0.39 is 0 Å². The van der Waals surface area contributed by atoms with E-state index in [1.807, 2.05) is 12.1 Å². The lowest BCUT2D eigenvalue weighted by atomic mass is 10.2. The van der Waals surface area contributed by atoms with Crippen LogP contribution < -0.4 is 0 Å². The van der Waals surface area contributed by atoms with Crippen molar-refractivity contribution < 1.29 is 0 Å². The lowest BCUT2D eigenvalue weighted by Crippen LogP contribution is -1.94. The van der Waals surface area contributed by atoms with E-state index in [1.54, 1.807) is 0 Å². The van der Waals surface area contributed by atoms with E-state index in [4.69, 9.17) is 0 Å². The molecule has 24 rings (SSSR count). The third-order valence-corrected chi connectivity index (χ3v) is 26.4. The Balaban J connectivity index is 0.0000000979. The first-order chi connectivity index (χ1) is 57.6. The van der Waals surface area contributed by atoms with Crippen LogP contribution in [0.2, 0.25) is 0 Å². The number of para-hydroxylation sites is 12. The van der Waals surface area contributed by atoms with Gasteiger partial charge in [0.15, 0.2) is 0 Å². The molecule has 0 amide bonds. The van der Waals surface area contributed by atoms with Crippen LogP contribution in [0.5, 0.6) is 0 Å². The highest BCUT2D eigenvalue weighted by atomic mass is 15.2. The summed E-state index contributed by atoms with van der Waals surface area (Å²) in [5.74, 6) is 2.04. The average Bonchev–Trinajstić information content (AvgIpc) is 1.59. The lowest BCUT2D eigenvalue weighted by molar-refractivity contribution is 0.886. The maximum atomic E-state index is 4.62. The van der Waals surface area contributed by atoms with Gasteiger partial charge < -0.3 is 54.1 Å². The largest absolute Gasteiger partial charge is 0.334 e. The average molecular weight is 1590 g/mol. The summed E-state index contributed by atoms with van der Waals surface area (Å²) in [6, 6.07) is 72.1. The fourth-order valence-corrected chi connectivity index (χ4v) is 18.3. The number of benzene rings is 7. The Hall–Kier alpha value is -13.7. The topological polar surface area (TPSA) is 100 Å². The molecule has 120 heavy (non-hydrogen) atoms. The third kappa shape index (κ3) is 12.5. The smallest absolute Gasteiger partial charge is 0.215 e. The van der Waals surface area contributed by atoms with E-state index in [0.717, 1.165) is 22.6 Å². The number of aryl methyl sites for hydroxylation is 20. The van der Waals surface area contributed by atoms with Gasteiger partial charge in [0.05, 0.1) is 66.2 Å². The summed E-state index contributed by atoms with van der Waals surface area (Å²) < 4.78 is 36.0. The predicted octanol–water partition coefficient (Wildman–Crippen LogP) is 23.2. The van der Waals surface area contributed by atoms with Crippen LogP contribution in [0.3, 0.4) is 0 Å². The van der Waals surface area contributed by atoms with Crippen molar-refractivity contribution in [3.63, 3.8) is 0 Å². The minimum absolute atomic E-state index is 1.02. The van der Waals surface area contributed by atoms with Crippen molar-refractivity contribution in [3.8, 4) is 0 Å². The molecule has 0 aliphatic carbocycles. The Morgan fingerprint density at radius 2 is 0.592 bits per heavy atom. The molecule has 0 fully saturated rings. The molecular formula is C102H110N18. The number of fused-ring (bicyclic) bond motifs is 24. The van der Waals surface area contributed by atoms with Gasteiger partial charge in [0.2, 0.25) is 11.6 Å². The van der Waals surface area contributed by atoms with Crippen LogP contribution in [0.4, 0.5) is 0 Å². The molecule has 0 saturated heterocycles. The Morgan fingerprint density at radius 3 is 1.05 bits per heavy atom. The molecule has 0 unspecified atom stereocenters. The Kier molecular flexibility index (Phi) is 19.9. The number of hydrogen-bond acceptors (Lipinski definition) is 2. The van der Waals surface area contributed by atoms with Gasteiger partial charge in [-0.15, -0.1) is 0 Å². The molecule has 0 atom stereocenters. The first-order valence-corrected chi connectivity index (χ1v) is 41.5. The molecule has 0 radical (unpaired) electrons. The molecule has 18 heteroatoms. The van der Waals surface area contributed by atoms with Crippen LogP contribution in [0, 0.1) is 111 Å². The van der Waals surface area contributed by atoms with Gasteiger partial charge >= 0.3 is 0 Å². The fraction of sp³-hybridized carbons (Fsp3) is 0.235. The van der Waals surface area contributed by atoms with E-state index in [1.165, 1.54) is 201 Å². The van der Waals surface area contributed by atoms with Gasteiger partial charge in [-0.25, -0.2) is 9.97 Å². The summed E-state index contributed by atoms with van der Waals surface area (Å²) in [5.41, 5.74) is 45.1. The minimum atomic E-state index is 1.02. The van der Waals surface area contributed by atoms with E-state index >= 15 is 0 Å². The summed E-state index contributed by atoms with van der Waals surface area (Å²) >= 11 is 0. The predicted molar refractivity (Wildman–Crippen MR) is 502 cm³/mol. The second-order valence-corrected chi connectivity index (χ2v) is 32.9. The summed E-state index contributed by atoms with van der Waals surface area (Å²) in [5, 5.41) is 4.00. The van der Waals surface area contributed by atoms with Gasteiger partial charge in [-0.1, -0.05) is 103 Å². The zero-order valence-electron chi connectivity index (χ0n) is 74.0. The molecular weight excluding hydrogens is 1480 g/mol. The SMILES string of the molecule is Cc1c(C)n(C)c2c1cc1ccccn12.Cc1c(C)n2c3ccccc3nc2n1C.Cc1c(C)n2c3ccccc3nc2n1C.Cc1c(C)n2cc3ccccc3c2n1C.Cc1cc2n(C)c3ccccc3n2c1C.Cc1cc2n(C)c3ccccc3n2c1C.Cc1cn2c3ccccc3n(C)c2c1C.Cc1cn2c3ccccc3n(C)c2c1C. The van der Waals surface area contributed by atoms with Crippen LogP contribution in [-0.2, 0) is 56.4 Å². The number of pyridine rings is 1.